The highest BCUT2D eigenvalue weighted by Gasteiger charge is 2.26. The summed E-state index contributed by atoms with van der Waals surface area (Å²) in [5.74, 6) is 2.00. The Morgan fingerprint density at radius 3 is 2.88 bits per heavy atom. The smallest absolute Gasteiger partial charge is 0.244 e. The van der Waals surface area contributed by atoms with Gasteiger partial charge in [0.05, 0.1) is 0 Å². The summed E-state index contributed by atoms with van der Waals surface area (Å²) in [5, 5.41) is 3.19. The molecule has 1 fully saturated rings. The first-order valence-electron chi connectivity index (χ1n) is 8.65. The van der Waals surface area contributed by atoms with Crippen molar-refractivity contribution in [1.82, 2.24) is 10.2 Å². The maximum absolute atomic E-state index is 12.3. The van der Waals surface area contributed by atoms with Crippen LogP contribution in [0, 0.1) is 5.92 Å². The Hall–Kier alpha value is -2.01. The molecule has 0 aromatic heterocycles. The van der Waals surface area contributed by atoms with Crippen LogP contribution < -0.4 is 14.8 Å². The molecule has 2 atom stereocenters. The number of hydrogen-bond acceptors (Lipinski definition) is 4. The van der Waals surface area contributed by atoms with E-state index in [0.29, 0.717) is 5.92 Å². The van der Waals surface area contributed by atoms with Crippen LogP contribution in [0.25, 0.3) is 6.08 Å². The van der Waals surface area contributed by atoms with Crippen molar-refractivity contribution in [2.45, 2.75) is 31.7 Å². The maximum Gasteiger partial charge on any atom is 0.244 e. The molecule has 0 radical (unpaired) electrons. The molecule has 1 aliphatic carbocycles. The third-order valence-electron chi connectivity index (χ3n) is 4.66. The van der Waals surface area contributed by atoms with Gasteiger partial charge in [0.15, 0.2) is 11.5 Å². The first kappa shape index (κ1) is 16.8. The Morgan fingerprint density at radius 2 is 2.04 bits per heavy atom. The van der Waals surface area contributed by atoms with Gasteiger partial charge in [-0.2, -0.15) is 0 Å². The highest BCUT2D eigenvalue weighted by molar-refractivity contribution is 5.92. The van der Waals surface area contributed by atoms with Crippen molar-refractivity contribution in [3.63, 3.8) is 0 Å². The molecule has 3 rings (SSSR count). The van der Waals surface area contributed by atoms with E-state index in [1.54, 1.807) is 6.08 Å². The second kappa shape index (κ2) is 7.71. The summed E-state index contributed by atoms with van der Waals surface area (Å²) in [7, 11) is 4.18. The third kappa shape index (κ3) is 4.29. The first-order valence-corrected chi connectivity index (χ1v) is 8.65. The Kier molecular flexibility index (Phi) is 5.41. The minimum absolute atomic E-state index is 0.0247. The Morgan fingerprint density at radius 1 is 1.25 bits per heavy atom. The molecule has 0 spiro atoms. The molecule has 1 aromatic carbocycles. The largest absolute Gasteiger partial charge is 0.454 e. The van der Waals surface area contributed by atoms with E-state index < -0.39 is 0 Å². The van der Waals surface area contributed by atoms with E-state index in [4.69, 9.17) is 9.47 Å². The number of ether oxygens (including phenoxy) is 2. The molecule has 1 aromatic rings. The van der Waals surface area contributed by atoms with Gasteiger partial charge in [0.2, 0.25) is 12.7 Å². The molecule has 1 aliphatic heterocycles. The molecule has 5 heteroatoms. The molecule has 1 saturated carbocycles. The molecule has 2 aliphatic rings. The number of carbonyl (C=O) groups is 1. The first-order chi connectivity index (χ1) is 11.6. The molecule has 130 valence electrons. The molecular weight excluding hydrogens is 304 g/mol. The monoisotopic (exact) mass is 330 g/mol. The number of fused-ring (bicyclic) bond motifs is 1. The van der Waals surface area contributed by atoms with E-state index in [1.807, 2.05) is 24.3 Å². The average molecular weight is 330 g/mol. The maximum atomic E-state index is 12.3. The standard InChI is InChI=1S/C19H26N2O3/c1-21(2)12-15-5-3-4-6-16(15)20-19(22)10-8-14-7-9-17-18(11-14)24-13-23-17/h7-11,15-16H,3-6,12-13H2,1-2H3,(H,20,22)/b10-8+. The van der Waals surface area contributed by atoms with Crippen LogP contribution in [-0.2, 0) is 4.79 Å². The summed E-state index contributed by atoms with van der Waals surface area (Å²) >= 11 is 0. The quantitative estimate of drug-likeness (QED) is 0.844. The lowest BCUT2D eigenvalue weighted by Gasteiger charge is -2.33. The van der Waals surface area contributed by atoms with Gasteiger partial charge >= 0.3 is 0 Å². The molecule has 1 amide bonds. The highest BCUT2D eigenvalue weighted by atomic mass is 16.7. The number of carbonyl (C=O) groups excluding carboxylic acids is 1. The molecular formula is C19H26N2O3. The summed E-state index contributed by atoms with van der Waals surface area (Å²) in [5.41, 5.74) is 0.933. The minimum Gasteiger partial charge on any atom is -0.454 e. The van der Waals surface area contributed by atoms with Gasteiger partial charge in [-0.15, -0.1) is 0 Å². The van der Waals surface area contributed by atoms with Crippen molar-refractivity contribution in [3.8, 4) is 11.5 Å². The SMILES string of the molecule is CN(C)CC1CCCCC1NC(=O)/C=C/c1ccc2c(c1)OCO2. The van der Waals surface area contributed by atoms with Crippen LogP contribution in [0.4, 0.5) is 0 Å². The second-order valence-electron chi connectivity index (χ2n) is 6.87. The van der Waals surface area contributed by atoms with Gasteiger partial charge in [0.1, 0.15) is 0 Å². The summed E-state index contributed by atoms with van der Waals surface area (Å²) < 4.78 is 10.7. The number of nitrogens with zero attached hydrogens (tertiary/aromatic N) is 1. The van der Waals surface area contributed by atoms with Crippen molar-refractivity contribution in [2.75, 3.05) is 27.4 Å². The highest BCUT2D eigenvalue weighted by Crippen LogP contribution is 2.32. The average Bonchev–Trinajstić information content (AvgIpc) is 3.02. The van der Waals surface area contributed by atoms with Gasteiger partial charge in [-0.1, -0.05) is 18.9 Å². The zero-order valence-electron chi connectivity index (χ0n) is 14.5. The predicted molar refractivity (Wildman–Crippen MR) is 94.0 cm³/mol. The van der Waals surface area contributed by atoms with Gasteiger partial charge in [-0.25, -0.2) is 0 Å². The summed E-state index contributed by atoms with van der Waals surface area (Å²) in [6, 6.07) is 5.96. The second-order valence-corrected chi connectivity index (χ2v) is 6.87. The number of nitrogens with one attached hydrogen (secondary N) is 1. The van der Waals surface area contributed by atoms with Crippen molar-refractivity contribution in [2.24, 2.45) is 5.92 Å². The normalized spacial score (nSPS) is 23.0. The zero-order chi connectivity index (χ0) is 16.9. The molecule has 24 heavy (non-hydrogen) atoms. The lowest BCUT2D eigenvalue weighted by atomic mass is 9.84. The van der Waals surface area contributed by atoms with Crippen molar-refractivity contribution < 1.29 is 14.3 Å². The fourth-order valence-electron chi connectivity index (χ4n) is 3.50. The topological polar surface area (TPSA) is 50.8 Å². The van der Waals surface area contributed by atoms with Gasteiger partial charge in [-0.3, -0.25) is 4.79 Å². The summed E-state index contributed by atoms with van der Waals surface area (Å²) in [4.78, 5) is 14.5. The van der Waals surface area contributed by atoms with E-state index in [9.17, 15) is 4.79 Å². The van der Waals surface area contributed by atoms with E-state index >= 15 is 0 Å². The van der Waals surface area contributed by atoms with Crippen molar-refractivity contribution >= 4 is 12.0 Å². The Bertz CT molecular complexity index is 613. The van der Waals surface area contributed by atoms with Gasteiger partial charge in [0.25, 0.3) is 0 Å². The van der Waals surface area contributed by atoms with Crippen LogP contribution in [0.15, 0.2) is 24.3 Å². The number of rotatable bonds is 5. The van der Waals surface area contributed by atoms with E-state index in [-0.39, 0.29) is 18.7 Å². The minimum atomic E-state index is -0.0247. The Balaban J connectivity index is 1.58. The van der Waals surface area contributed by atoms with Crippen molar-refractivity contribution in [3.05, 3.63) is 29.8 Å². The summed E-state index contributed by atoms with van der Waals surface area (Å²) in [6.45, 7) is 1.29. The van der Waals surface area contributed by atoms with Gasteiger partial charge < -0.3 is 19.7 Å². The lowest BCUT2D eigenvalue weighted by molar-refractivity contribution is -0.117. The zero-order valence-corrected chi connectivity index (χ0v) is 14.5. The van der Waals surface area contributed by atoms with Crippen LogP contribution >= 0.6 is 0 Å². The third-order valence-corrected chi connectivity index (χ3v) is 4.66. The molecule has 2 unspecified atom stereocenters. The van der Waals surface area contributed by atoms with Crippen LogP contribution in [0.2, 0.25) is 0 Å². The van der Waals surface area contributed by atoms with Gasteiger partial charge in [0, 0.05) is 18.7 Å². The number of benzene rings is 1. The predicted octanol–water partition coefficient (Wildman–Crippen LogP) is 2.67. The molecule has 1 N–H and O–H groups in total. The summed E-state index contributed by atoms with van der Waals surface area (Å²) in [6.07, 6.45) is 8.15. The number of hydrogen-bond donors (Lipinski definition) is 1. The number of amides is 1. The van der Waals surface area contributed by atoms with Gasteiger partial charge in [-0.05, 0) is 56.6 Å². The van der Waals surface area contributed by atoms with Crippen LogP contribution in [0.3, 0.4) is 0 Å². The van der Waals surface area contributed by atoms with E-state index in [1.165, 1.54) is 19.3 Å². The fourth-order valence-corrected chi connectivity index (χ4v) is 3.50. The molecule has 5 nitrogen and oxygen atoms in total. The lowest BCUT2D eigenvalue weighted by Crippen LogP contribution is -2.44. The van der Waals surface area contributed by atoms with Crippen LogP contribution in [0.5, 0.6) is 11.5 Å². The van der Waals surface area contributed by atoms with Crippen LogP contribution in [-0.4, -0.2) is 44.3 Å². The van der Waals surface area contributed by atoms with E-state index in [2.05, 4.69) is 24.3 Å². The molecule has 1 heterocycles. The van der Waals surface area contributed by atoms with E-state index in [0.717, 1.165) is 30.0 Å². The van der Waals surface area contributed by atoms with Crippen LogP contribution in [0.1, 0.15) is 31.2 Å². The molecule has 0 bridgehead atoms. The fraction of sp³-hybridized carbons (Fsp3) is 0.526. The molecule has 0 saturated heterocycles. The van der Waals surface area contributed by atoms with Crippen molar-refractivity contribution in [1.29, 1.82) is 0 Å². The Labute approximate surface area is 143 Å².